The summed E-state index contributed by atoms with van der Waals surface area (Å²) in [7, 11) is 0. The van der Waals surface area contributed by atoms with Crippen LogP contribution in [0.5, 0.6) is 0 Å². The normalized spacial score (nSPS) is 39.3. The van der Waals surface area contributed by atoms with Gasteiger partial charge in [0.25, 0.3) is 0 Å². The fraction of sp³-hybridized carbons (Fsp3) is 1.00. The van der Waals surface area contributed by atoms with Gasteiger partial charge in [-0.15, -0.1) is 0 Å². The molecule has 1 saturated carbocycles. The van der Waals surface area contributed by atoms with E-state index in [-0.39, 0.29) is 0 Å². The van der Waals surface area contributed by atoms with E-state index in [1.165, 1.54) is 25.8 Å². The lowest BCUT2D eigenvalue weighted by Gasteiger charge is -2.25. The van der Waals surface area contributed by atoms with Crippen molar-refractivity contribution in [1.29, 1.82) is 0 Å². The molecular weight excluding hydrogens is 126 g/mol. The van der Waals surface area contributed by atoms with Crippen LogP contribution in [-0.4, -0.2) is 35.7 Å². The van der Waals surface area contributed by atoms with Gasteiger partial charge in [0.2, 0.25) is 0 Å². The Morgan fingerprint density at radius 3 is 2.80 bits per heavy atom. The summed E-state index contributed by atoms with van der Waals surface area (Å²) in [6.07, 6.45) is 4.22. The molecule has 2 rings (SSSR count). The van der Waals surface area contributed by atoms with Crippen molar-refractivity contribution in [3.05, 3.63) is 0 Å². The van der Waals surface area contributed by atoms with Crippen LogP contribution in [0.2, 0.25) is 0 Å². The predicted octanol–water partition coefficient (Wildman–Crippen LogP) is 0.463. The highest BCUT2D eigenvalue weighted by Crippen LogP contribution is 2.36. The Balaban J connectivity index is 1.90. The van der Waals surface area contributed by atoms with Crippen molar-refractivity contribution in [3.8, 4) is 0 Å². The van der Waals surface area contributed by atoms with Gasteiger partial charge in [-0.25, -0.2) is 0 Å². The van der Waals surface area contributed by atoms with Crippen LogP contribution < -0.4 is 0 Å². The third-order valence-corrected chi connectivity index (χ3v) is 2.91. The monoisotopic (exact) mass is 141 g/mol. The summed E-state index contributed by atoms with van der Waals surface area (Å²) in [6.45, 7) is 2.50. The predicted molar refractivity (Wildman–Crippen MR) is 39.8 cm³/mol. The number of likely N-dealkylation sites (tertiary alicyclic amines) is 1. The first-order chi connectivity index (χ1) is 4.90. The van der Waals surface area contributed by atoms with Crippen LogP contribution in [0.3, 0.4) is 0 Å². The molecule has 0 radical (unpaired) electrons. The Bertz CT molecular complexity index is 126. The molecule has 1 heterocycles. The molecule has 2 fully saturated rings. The summed E-state index contributed by atoms with van der Waals surface area (Å²) < 4.78 is 0. The van der Waals surface area contributed by atoms with Crippen molar-refractivity contribution >= 4 is 0 Å². The van der Waals surface area contributed by atoms with E-state index in [1.807, 2.05) is 0 Å². The van der Waals surface area contributed by atoms with E-state index in [1.54, 1.807) is 0 Å². The minimum absolute atomic E-state index is 0.337. The van der Waals surface area contributed by atoms with Crippen molar-refractivity contribution in [2.24, 2.45) is 5.92 Å². The molecule has 1 aliphatic carbocycles. The van der Waals surface area contributed by atoms with Gasteiger partial charge in [-0.05, 0) is 25.2 Å². The molecule has 1 aliphatic heterocycles. The van der Waals surface area contributed by atoms with Crippen molar-refractivity contribution < 1.29 is 5.11 Å². The quantitative estimate of drug-likeness (QED) is 0.604. The third-order valence-electron chi connectivity index (χ3n) is 2.91. The summed E-state index contributed by atoms with van der Waals surface area (Å²) in [6, 6.07) is 0.831. The van der Waals surface area contributed by atoms with Gasteiger partial charge in [0, 0.05) is 19.1 Å². The number of piperidine rings is 1. The Hall–Kier alpha value is -0.0800. The van der Waals surface area contributed by atoms with Gasteiger partial charge in [0.05, 0.1) is 6.61 Å². The smallest absolute Gasteiger partial charge is 0.0558 e. The third kappa shape index (κ3) is 0.956. The Kier molecular flexibility index (Phi) is 1.66. The van der Waals surface area contributed by atoms with E-state index in [0.717, 1.165) is 18.5 Å². The largest absolute Gasteiger partial charge is 0.395 e. The highest BCUT2D eigenvalue weighted by atomic mass is 16.3. The molecule has 0 aromatic rings. The summed E-state index contributed by atoms with van der Waals surface area (Å²) in [5.74, 6) is 0.969. The summed E-state index contributed by atoms with van der Waals surface area (Å²) in [5, 5.41) is 8.71. The molecule has 1 N–H and O–H groups in total. The molecular formula is C8H15NO. The molecule has 0 spiro atoms. The lowest BCUT2D eigenvalue weighted by Crippen LogP contribution is -2.34. The number of aliphatic hydroxyl groups is 1. The van der Waals surface area contributed by atoms with E-state index >= 15 is 0 Å². The van der Waals surface area contributed by atoms with Crippen LogP contribution in [0, 0.1) is 5.92 Å². The van der Waals surface area contributed by atoms with Crippen molar-refractivity contribution in [2.45, 2.75) is 25.3 Å². The first-order valence-corrected chi connectivity index (χ1v) is 4.25. The van der Waals surface area contributed by atoms with E-state index in [9.17, 15) is 0 Å². The molecule has 2 heteroatoms. The second-order valence-corrected chi connectivity index (χ2v) is 3.55. The summed E-state index contributed by atoms with van der Waals surface area (Å²) >= 11 is 0. The second kappa shape index (κ2) is 2.51. The Morgan fingerprint density at radius 2 is 2.30 bits per heavy atom. The number of nitrogens with zero attached hydrogens (tertiary/aromatic N) is 1. The number of fused-ring (bicyclic) bond motifs is 2. The van der Waals surface area contributed by atoms with Gasteiger partial charge >= 0.3 is 0 Å². The van der Waals surface area contributed by atoms with E-state index in [2.05, 4.69) is 4.90 Å². The fourth-order valence-corrected chi connectivity index (χ4v) is 2.43. The van der Waals surface area contributed by atoms with Gasteiger partial charge in [0.1, 0.15) is 0 Å². The van der Waals surface area contributed by atoms with Crippen LogP contribution in [-0.2, 0) is 0 Å². The van der Waals surface area contributed by atoms with Crippen LogP contribution in [0.25, 0.3) is 0 Å². The van der Waals surface area contributed by atoms with Gasteiger partial charge < -0.3 is 5.11 Å². The summed E-state index contributed by atoms with van der Waals surface area (Å²) in [4.78, 5) is 2.44. The molecule has 10 heavy (non-hydrogen) atoms. The molecule has 0 aromatic carbocycles. The second-order valence-electron chi connectivity index (χ2n) is 3.55. The topological polar surface area (TPSA) is 23.5 Å². The number of hydrogen-bond donors (Lipinski definition) is 1. The minimum Gasteiger partial charge on any atom is -0.395 e. The van der Waals surface area contributed by atoms with E-state index < -0.39 is 0 Å². The molecule has 0 unspecified atom stereocenters. The molecule has 2 aliphatic rings. The highest BCUT2D eigenvalue weighted by molar-refractivity contribution is 4.91. The van der Waals surface area contributed by atoms with Crippen LogP contribution in [0.15, 0.2) is 0 Å². The molecule has 2 bridgehead atoms. The number of aliphatic hydroxyl groups excluding tert-OH is 1. The molecule has 0 aromatic heterocycles. The molecule has 0 amide bonds. The zero-order chi connectivity index (χ0) is 6.97. The highest BCUT2D eigenvalue weighted by Gasteiger charge is 2.36. The standard InChI is InChI=1S/C8H15NO/c10-4-3-9-6-7-1-2-8(9)5-7/h7-8,10H,1-6H2/t7-,8-/m0/s1. The van der Waals surface area contributed by atoms with Crippen LogP contribution >= 0.6 is 0 Å². The average molecular weight is 141 g/mol. The maximum Gasteiger partial charge on any atom is 0.0558 e. The first-order valence-electron chi connectivity index (χ1n) is 4.25. The van der Waals surface area contributed by atoms with Gasteiger partial charge in [0.15, 0.2) is 0 Å². The maximum atomic E-state index is 8.71. The minimum atomic E-state index is 0.337. The fourth-order valence-electron chi connectivity index (χ4n) is 2.43. The van der Waals surface area contributed by atoms with E-state index in [4.69, 9.17) is 5.11 Å². The lowest BCUT2D eigenvalue weighted by molar-refractivity contribution is 0.163. The molecule has 1 saturated heterocycles. The van der Waals surface area contributed by atoms with Gasteiger partial charge in [-0.1, -0.05) is 0 Å². The number of β-amino-alcohol motifs (C(OH)–C–C–N with tert-alkyl or cyclic N) is 1. The van der Waals surface area contributed by atoms with Crippen molar-refractivity contribution in [2.75, 3.05) is 19.7 Å². The van der Waals surface area contributed by atoms with Crippen molar-refractivity contribution in [1.82, 2.24) is 4.90 Å². The zero-order valence-corrected chi connectivity index (χ0v) is 6.29. The lowest BCUT2D eigenvalue weighted by atomic mass is 10.1. The molecule has 58 valence electrons. The SMILES string of the molecule is OCCN1C[C@H]2CC[C@H]1C2. The Labute approximate surface area is 61.8 Å². The number of rotatable bonds is 2. The number of hydrogen-bond acceptors (Lipinski definition) is 2. The van der Waals surface area contributed by atoms with Crippen molar-refractivity contribution in [3.63, 3.8) is 0 Å². The van der Waals surface area contributed by atoms with E-state index in [0.29, 0.717) is 6.61 Å². The molecule has 2 atom stereocenters. The first kappa shape index (κ1) is 6.62. The van der Waals surface area contributed by atoms with Gasteiger partial charge in [-0.3, -0.25) is 4.90 Å². The maximum absolute atomic E-state index is 8.71. The Morgan fingerprint density at radius 1 is 1.40 bits per heavy atom. The van der Waals surface area contributed by atoms with Gasteiger partial charge in [-0.2, -0.15) is 0 Å². The molecule has 2 nitrogen and oxygen atoms in total. The zero-order valence-electron chi connectivity index (χ0n) is 6.29. The van der Waals surface area contributed by atoms with Crippen LogP contribution in [0.4, 0.5) is 0 Å². The average Bonchev–Trinajstić information content (AvgIpc) is 2.48. The summed E-state index contributed by atoms with van der Waals surface area (Å²) in [5.41, 5.74) is 0. The van der Waals surface area contributed by atoms with Crippen LogP contribution in [0.1, 0.15) is 19.3 Å².